The molecule has 2 heterocycles. The van der Waals surface area contributed by atoms with Crippen molar-refractivity contribution < 1.29 is 9.59 Å². The molecule has 0 spiro atoms. The zero-order chi connectivity index (χ0) is 16.8. The molecule has 4 unspecified atom stereocenters. The van der Waals surface area contributed by atoms with E-state index in [4.69, 9.17) is 0 Å². The van der Waals surface area contributed by atoms with E-state index >= 15 is 0 Å². The minimum absolute atomic E-state index is 0.0109. The maximum atomic E-state index is 13.2. The van der Waals surface area contributed by atoms with E-state index in [9.17, 15) is 9.59 Å². The van der Waals surface area contributed by atoms with Gasteiger partial charge >= 0.3 is 0 Å². The van der Waals surface area contributed by atoms with Gasteiger partial charge in [-0.1, -0.05) is 43.7 Å². The lowest BCUT2D eigenvalue weighted by atomic mass is 9.68. The quantitative estimate of drug-likeness (QED) is 0.607. The molecule has 0 aromatic heterocycles. The average molecular weight is 341 g/mol. The lowest BCUT2D eigenvalue weighted by molar-refractivity contribution is -0.122. The molecule has 4 atom stereocenters. The van der Waals surface area contributed by atoms with Gasteiger partial charge in [0.25, 0.3) is 0 Å². The van der Waals surface area contributed by atoms with Crippen molar-refractivity contribution in [2.75, 3.05) is 16.4 Å². The predicted octanol–water partition coefficient (Wildman–Crippen LogP) is 3.76. The summed E-state index contributed by atoms with van der Waals surface area (Å²) in [6.45, 7) is 4.52. The van der Waals surface area contributed by atoms with Crippen LogP contribution in [0.4, 0.5) is 5.69 Å². The van der Waals surface area contributed by atoms with Crippen LogP contribution in [-0.4, -0.2) is 23.3 Å². The van der Waals surface area contributed by atoms with Crippen LogP contribution >= 0.6 is 11.8 Å². The smallest absolute Gasteiger partial charge is 0.238 e. The Kier molecular flexibility index (Phi) is 4.03. The molecule has 4 heteroatoms. The highest BCUT2D eigenvalue weighted by molar-refractivity contribution is 7.99. The Balaban J connectivity index is 1.69. The molecule has 0 radical (unpaired) electrons. The van der Waals surface area contributed by atoms with Crippen molar-refractivity contribution in [3.05, 3.63) is 42.0 Å². The Hall–Kier alpha value is -1.55. The first-order chi connectivity index (χ1) is 11.6. The zero-order valence-corrected chi connectivity index (χ0v) is 15.0. The molecule has 3 aliphatic rings. The number of fused-ring (bicyclic) bond motifs is 3. The van der Waals surface area contributed by atoms with Crippen LogP contribution in [0.25, 0.3) is 0 Å². The zero-order valence-electron chi connectivity index (χ0n) is 14.1. The van der Waals surface area contributed by atoms with Crippen LogP contribution in [0.1, 0.15) is 20.3 Å². The highest BCUT2D eigenvalue weighted by Gasteiger charge is 2.54. The first-order valence-corrected chi connectivity index (χ1v) is 9.95. The van der Waals surface area contributed by atoms with Gasteiger partial charge in [-0.15, -0.1) is 0 Å². The average Bonchev–Trinajstić information content (AvgIpc) is 2.86. The Labute approximate surface area is 147 Å². The number of amides is 2. The van der Waals surface area contributed by atoms with Crippen LogP contribution in [0.15, 0.2) is 42.0 Å². The van der Waals surface area contributed by atoms with Crippen LogP contribution in [0.3, 0.4) is 0 Å². The SMILES string of the molecule is CC(C)C1CSCC2C1=CCC1C(=O)N(c3ccccc3)C(=O)C12. The van der Waals surface area contributed by atoms with Crippen molar-refractivity contribution in [2.24, 2.45) is 29.6 Å². The summed E-state index contributed by atoms with van der Waals surface area (Å²) in [5.74, 6) is 3.15. The summed E-state index contributed by atoms with van der Waals surface area (Å²) in [5, 5.41) is 0. The molecule has 24 heavy (non-hydrogen) atoms. The minimum Gasteiger partial charge on any atom is -0.274 e. The number of carbonyl (C=O) groups excluding carboxylic acids is 2. The maximum Gasteiger partial charge on any atom is 0.238 e. The van der Waals surface area contributed by atoms with E-state index in [1.807, 2.05) is 42.1 Å². The number of anilines is 1. The van der Waals surface area contributed by atoms with Gasteiger partial charge in [0.05, 0.1) is 17.5 Å². The topological polar surface area (TPSA) is 37.4 Å². The normalized spacial score (nSPS) is 32.6. The summed E-state index contributed by atoms with van der Waals surface area (Å²) in [7, 11) is 0. The van der Waals surface area contributed by atoms with Crippen LogP contribution in [0.5, 0.6) is 0 Å². The van der Waals surface area contributed by atoms with Crippen molar-refractivity contribution in [1.29, 1.82) is 0 Å². The first-order valence-electron chi connectivity index (χ1n) is 8.80. The van der Waals surface area contributed by atoms with Crippen molar-refractivity contribution in [1.82, 2.24) is 0 Å². The first kappa shape index (κ1) is 15.9. The lowest BCUT2D eigenvalue weighted by Crippen LogP contribution is -2.39. The number of thioether (sulfide) groups is 1. The number of rotatable bonds is 2. The fourth-order valence-electron chi connectivity index (χ4n) is 4.52. The number of benzene rings is 1. The van der Waals surface area contributed by atoms with E-state index < -0.39 is 0 Å². The standard InChI is InChI=1S/C20H23NO2S/c1-12(2)16-10-24-11-17-14(16)8-9-15-18(17)20(23)21(19(15)22)13-6-4-3-5-7-13/h3-8,12,15-18H,9-11H2,1-2H3. The predicted molar refractivity (Wildman–Crippen MR) is 97.8 cm³/mol. The molecular weight excluding hydrogens is 318 g/mol. The summed E-state index contributed by atoms with van der Waals surface area (Å²) in [6.07, 6.45) is 3.01. The highest BCUT2D eigenvalue weighted by Crippen LogP contribution is 2.50. The molecule has 2 fully saturated rings. The Morgan fingerprint density at radius 3 is 2.50 bits per heavy atom. The second kappa shape index (κ2) is 6.07. The molecular formula is C20H23NO2S. The number of allylic oxidation sites excluding steroid dienone is 2. The van der Waals surface area contributed by atoms with Gasteiger partial charge < -0.3 is 0 Å². The number of hydrogen-bond acceptors (Lipinski definition) is 3. The van der Waals surface area contributed by atoms with E-state index in [0.29, 0.717) is 17.5 Å². The summed E-state index contributed by atoms with van der Waals surface area (Å²) in [4.78, 5) is 27.5. The second-order valence-corrected chi connectivity index (χ2v) is 8.49. The third-order valence-corrected chi connectivity index (χ3v) is 6.98. The fourth-order valence-corrected chi connectivity index (χ4v) is 6.15. The molecule has 1 aromatic carbocycles. The van der Waals surface area contributed by atoms with Crippen molar-refractivity contribution in [3.63, 3.8) is 0 Å². The second-order valence-electron chi connectivity index (χ2n) is 7.41. The van der Waals surface area contributed by atoms with E-state index in [-0.39, 0.29) is 29.6 Å². The third kappa shape index (κ3) is 2.34. The molecule has 3 nitrogen and oxygen atoms in total. The summed E-state index contributed by atoms with van der Waals surface area (Å²) in [5.41, 5.74) is 2.16. The van der Waals surface area contributed by atoms with Gasteiger partial charge in [0, 0.05) is 17.4 Å². The monoisotopic (exact) mass is 341 g/mol. The molecule has 0 N–H and O–H groups in total. The van der Waals surface area contributed by atoms with Crippen LogP contribution < -0.4 is 4.90 Å². The van der Waals surface area contributed by atoms with E-state index in [1.54, 1.807) is 0 Å². The van der Waals surface area contributed by atoms with E-state index in [0.717, 1.165) is 17.9 Å². The molecule has 126 valence electrons. The van der Waals surface area contributed by atoms with Gasteiger partial charge in [-0.3, -0.25) is 14.5 Å². The molecule has 0 bridgehead atoms. The van der Waals surface area contributed by atoms with Gasteiger partial charge in [-0.05, 0) is 30.4 Å². The van der Waals surface area contributed by atoms with E-state index in [1.165, 1.54) is 10.5 Å². The van der Waals surface area contributed by atoms with Crippen LogP contribution in [0, 0.1) is 29.6 Å². The van der Waals surface area contributed by atoms with Crippen LogP contribution in [0.2, 0.25) is 0 Å². The summed E-state index contributed by atoms with van der Waals surface area (Å²) in [6, 6.07) is 9.38. The fraction of sp³-hybridized carbons (Fsp3) is 0.500. The third-order valence-electron chi connectivity index (χ3n) is 5.79. The number of carbonyl (C=O) groups is 2. The molecule has 2 amide bonds. The van der Waals surface area contributed by atoms with Crippen molar-refractivity contribution in [3.8, 4) is 0 Å². The van der Waals surface area contributed by atoms with Gasteiger partial charge in [-0.25, -0.2) is 0 Å². The van der Waals surface area contributed by atoms with E-state index in [2.05, 4.69) is 19.9 Å². The Morgan fingerprint density at radius 2 is 1.79 bits per heavy atom. The maximum absolute atomic E-state index is 13.2. The number of nitrogens with zero attached hydrogens (tertiary/aromatic N) is 1. The summed E-state index contributed by atoms with van der Waals surface area (Å²) < 4.78 is 0. The van der Waals surface area contributed by atoms with Gasteiger partial charge in [0.1, 0.15) is 0 Å². The largest absolute Gasteiger partial charge is 0.274 e. The molecule has 1 aromatic rings. The molecule has 1 aliphatic carbocycles. The van der Waals surface area contributed by atoms with Crippen molar-refractivity contribution in [2.45, 2.75) is 20.3 Å². The van der Waals surface area contributed by atoms with Gasteiger partial charge in [0.2, 0.25) is 11.8 Å². The molecule has 2 aliphatic heterocycles. The molecule has 0 saturated carbocycles. The Bertz CT molecular complexity index is 697. The minimum atomic E-state index is -0.169. The number of hydrogen-bond donors (Lipinski definition) is 0. The van der Waals surface area contributed by atoms with Crippen LogP contribution in [-0.2, 0) is 9.59 Å². The van der Waals surface area contributed by atoms with Gasteiger partial charge in [-0.2, -0.15) is 11.8 Å². The highest BCUT2D eigenvalue weighted by atomic mass is 32.2. The number of para-hydroxylation sites is 1. The van der Waals surface area contributed by atoms with Gasteiger partial charge in [0.15, 0.2) is 0 Å². The molecule has 2 saturated heterocycles. The molecule has 4 rings (SSSR count). The lowest BCUT2D eigenvalue weighted by Gasteiger charge is -2.40. The van der Waals surface area contributed by atoms with Crippen molar-refractivity contribution >= 4 is 29.3 Å². The number of imide groups is 1. The Morgan fingerprint density at radius 1 is 1.04 bits per heavy atom. The summed E-state index contributed by atoms with van der Waals surface area (Å²) >= 11 is 1.94.